The molecule has 0 aliphatic heterocycles. The van der Waals surface area contributed by atoms with E-state index < -0.39 is 0 Å². The second kappa shape index (κ2) is 11.4. The lowest BCUT2D eigenvalue weighted by atomic mass is 10.0. The Balaban J connectivity index is 0.00000103. The molecule has 0 atom stereocenters. The topological polar surface area (TPSA) is 126 Å². The first-order valence-corrected chi connectivity index (χ1v) is 11.2. The number of primary amides is 1. The summed E-state index contributed by atoms with van der Waals surface area (Å²) in [6.45, 7) is 6.38. The lowest BCUT2D eigenvalue weighted by Crippen LogP contribution is -1.97. The summed E-state index contributed by atoms with van der Waals surface area (Å²) in [5.41, 5.74) is 11.2. The maximum absolute atomic E-state index is 8.58. The minimum absolute atomic E-state index is 0.250. The number of rotatable bonds is 6. The van der Waals surface area contributed by atoms with Gasteiger partial charge in [0.05, 0.1) is 31.8 Å². The van der Waals surface area contributed by atoms with Crippen LogP contribution < -0.4 is 10.5 Å². The van der Waals surface area contributed by atoms with Crippen molar-refractivity contribution in [3.05, 3.63) is 53.9 Å². The van der Waals surface area contributed by atoms with Gasteiger partial charge in [0, 0.05) is 41.4 Å². The van der Waals surface area contributed by atoms with Gasteiger partial charge in [-0.25, -0.2) is 15.0 Å². The van der Waals surface area contributed by atoms with E-state index in [-0.39, 0.29) is 6.41 Å². The van der Waals surface area contributed by atoms with E-state index in [2.05, 4.69) is 20.7 Å². The number of allylic oxidation sites excluding steroid dienone is 1. The van der Waals surface area contributed by atoms with Crippen molar-refractivity contribution in [2.45, 2.75) is 20.8 Å². The van der Waals surface area contributed by atoms with Crippen LogP contribution in [-0.2, 0) is 9.53 Å². The van der Waals surface area contributed by atoms with Gasteiger partial charge in [0.1, 0.15) is 10.8 Å². The van der Waals surface area contributed by atoms with E-state index in [1.165, 1.54) is 11.3 Å². The highest BCUT2D eigenvalue weighted by Gasteiger charge is 2.18. The zero-order chi connectivity index (χ0) is 24.7. The van der Waals surface area contributed by atoms with E-state index in [0.29, 0.717) is 18.0 Å². The number of methoxy groups -OCH3 is 2. The van der Waals surface area contributed by atoms with E-state index in [1.54, 1.807) is 26.6 Å². The van der Waals surface area contributed by atoms with Gasteiger partial charge in [-0.2, -0.15) is 0 Å². The van der Waals surface area contributed by atoms with Crippen LogP contribution in [-0.4, -0.2) is 52.2 Å². The minimum Gasteiger partial charge on any atom is -0.494 e. The molecule has 4 heterocycles. The molecule has 2 N–H and O–H groups in total. The number of ether oxygens (including phenoxy) is 2. The molecule has 0 spiro atoms. The molecule has 0 aromatic carbocycles. The second-order valence-electron chi connectivity index (χ2n) is 7.18. The van der Waals surface area contributed by atoms with Crippen molar-refractivity contribution in [1.29, 1.82) is 0 Å². The van der Waals surface area contributed by atoms with E-state index in [9.17, 15) is 0 Å². The maximum Gasteiger partial charge on any atom is 0.204 e. The molecule has 34 heavy (non-hydrogen) atoms. The molecule has 10 heteroatoms. The first kappa shape index (κ1) is 24.9. The van der Waals surface area contributed by atoms with Crippen LogP contribution in [0.3, 0.4) is 0 Å². The van der Waals surface area contributed by atoms with Gasteiger partial charge in [0.2, 0.25) is 6.41 Å². The molecule has 0 unspecified atom stereocenters. The van der Waals surface area contributed by atoms with Crippen molar-refractivity contribution in [3.8, 4) is 27.4 Å². The minimum atomic E-state index is 0.250. The van der Waals surface area contributed by atoms with Crippen LogP contribution in [0.2, 0.25) is 0 Å². The highest BCUT2D eigenvalue weighted by molar-refractivity contribution is 7.21. The number of carbonyl (C=O) groups excluding carboxylic acids is 1. The Morgan fingerprint density at radius 1 is 1.00 bits per heavy atom. The summed E-state index contributed by atoms with van der Waals surface area (Å²) in [6.07, 6.45) is 7.57. The Hall–Kier alpha value is -3.76. The fraction of sp³-hybridized carbons (Fsp3) is 0.250. The standard InChI is InChI=1S/C23H23N5O2S.CH3NO/c1-6-15(12-29-4)19-10-26-21-23(27-19)31-22(28-21)18-9-24-13(2)7-16(18)17-8-14(3)25-11-20(17)30-5;2-1-3/h6-11H,12H2,1-5H3;1H,(H2,2,3)/b15-6+;. The van der Waals surface area contributed by atoms with Crippen molar-refractivity contribution in [2.75, 3.05) is 20.8 Å². The van der Waals surface area contributed by atoms with Gasteiger partial charge in [-0.3, -0.25) is 14.8 Å². The molecule has 0 radical (unpaired) electrons. The van der Waals surface area contributed by atoms with Crippen LogP contribution in [0.5, 0.6) is 5.75 Å². The summed E-state index contributed by atoms with van der Waals surface area (Å²) in [5, 5.41) is 0.805. The maximum atomic E-state index is 8.58. The highest BCUT2D eigenvalue weighted by Crippen LogP contribution is 2.39. The Morgan fingerprint density at radius 3 is 2.32 bits per heavy atom. The fourth-order valence-electron chi connectivity index (χ4n) is 3.33. The van der Waals surface area contributed by atoms with Crippen molar-refractivity contribution in [1.82, 2.24) is 24.9 Å². The van der Waals surface area contributed by atoms with Crippen molar-refractivity contribution < 1.29 is 14.3 Å². The molecule has 4 rings (SSSR count). The molecule has 0 bridgehead atoms. The van der Waals surface area contributed by atoms with E-state index in [0.717, 1.165) is 49.2 Å². The summed E-state index contributed by atoms with van der Waals surface area (Å²) in [7, 11) is 3.32. The van der Waals surface area contributed by atoms with Gasteiger partial charge in [0.25, 0.3) is 0 Å². The zero-order valence-electron chi connectivity index (χ0n) is 19.7. The van der Waals surface area contributed by atoms with E-state index in [4.69, 9.17) is 24.2 Å². The molecule has 1 amide bonds. The average Bonchev–Trinajstić information content (AvgIpc) is 3.26. The Kier molecular flexibility index (Phi) is 8.34. The van der Waals surface area contributed by atoms with Crippen LogP contribution in [0.25, 0.3) is 37.7 Å². The summed E-state index contributed by atoms with van der Waals surface area (Å²) >= 11 is 1.49. The number of aryl methyl sites for hydroxylation is 2. The Labute approximate surface area is 201 Å². The molecule has 4 aromatic heterocycles. The summed E-state index contributed by atoms with van der Waals surface area (Å²) in [5.74, 6) is 0.703. The predicted molar refractivity (Wildman–Crippen MR) is 133 cm³/mol. The highest BCUT2D eigenvalue weighted by atomic mass is 32.1. The largest absolute Gasteiger partial charge is 0.494 e. The molecule has 9 nitrogen and oxygen atoms in total. The summed E-state index contributed by atoms with van der Waals surface area (Å²) in [4.78, 5) is 32.3. The second-order valence-corrected chi connectivity index (χ2v) is 8.16. The van der Waals surface area contributed by atoms with E-state index >= 15 is 0 Å². The third-order valence-electron chi connectivity index (χ3n) is 4.89. The molecule has 0 aliphatic rings. The van der Waals surface area contributed by atoms with E-state index in [1.807, 2.05) is 45.2 Å². The summed E-state index contributed by atoms with van der Waals surface area (Å²) in [6, 6.07) is 4.06. The fourth-order valence-corrected chi connectivity index (χ4v) is 4.25. The Morgan fingerprint density at radius 2 is 1.68 bits per heavy atom. The number of thiazole rings is 1. The number of aromatic nitrogens is 5. The molecule has 0 fully saturated rings. The number of amides is 1. The number of hydrogen-bond acceptors (Lipinski definition) is 9. The quantitative estimate of drug-likeness (QED) is 0.412. The molecular formula is C24H26N6O3S. The van der Waals surface area contributed by atoms with Gasteiger partial charge in [-0.15, -0.1) is 0 Å². The number of nitrogens with two attached hydrogens (primary N) is 1. The molecule has 0 saturated carbocycles. The van der Waals surface area contributed by atoms with Crippen LogP contribution >= 0.6 is 11.3 Å². The number of fused-ring (bicyclic) bond motifs is 1. The number of hydrogen-bond donors (Lipinski definition) is 1. The van der Waals surface area contributed by atoms with Crippen LogP contribution in [0, 0.1) is 13.8 Å². The smallest absolute Gasteiger partial charge is 0.204 e. The number of pyridine rings is 2. The SMILES string of the molecule is C/C=C(\COC)c1cnc2nc(-c3cnc(C)cc3-c3cc(C)ncc3OC)sc2n1.NC=O. The summed E-state index contributed by atoms with van der Waals surface area (Å²) < 4.78 is 10.8. The van der Waals surface area contributed by atoms with Crippen LogP contribution in [0.4, 0.5) is 0 Å². The van der Waals surface area contributed by atoms with Crippen molar-refractivity contribution in [3.63, 3.8) is 0 Å². The predicted octanol–water partition coefficient (Wildman–Crippen LogP) is 3.99. The number of nitrogens with zero attached hydrogens (tertiary/aromatic N) is 5. The van der Waals surface area contributed by atoms with Gasteiger partial charge >= 0.3 is 0 Å². The van der Waals surface area contributed by atoms with Crippen LogP contribution in [0.15, 0.2) is 36.8 Å². The zero-order valence-corrected chi connectivity index (χ0v) is 20.5. The third kappa shape index (κ3) is 5.41. The molecule has 4 aromatic rings. The normalized spacial score (nSPS) is 11.1. The van der Waals surface area contributed by atoms with Gasteiger partial charge < -0.3 is 15.2 Å². The van der Waals surface area contributed by atoms with Crippen LogP contribution in [0.1, 0.15) is 24.0 Å². The molecule has 0 saturated heterocycles. The molecular weight excluding hydrogens is 452 g/mol. The molecule has 176 valence electrons. The molecule has 0 aliphatic carbocycles. The van der Waals surface area contributed by atoms with Gasteiger partial charge in [0.15, 0.2) is 10.5 Å². The number of carbonyl (C=O) groups is 1. The third-order valence-corrected chi connectivity index (χ3v) is 5.86. The van der Waals surface area contributed by atoms with Gasteiger partial charge in [-0.1, -0.05) is 17.4 Å². The Bertz CT molecular complexity index is 1340. The lowest BCUT2D eigenvalue weighted by molar-refractivity contribution is -0.106. The first-order chi connectivity index (χ1) is 16.4. The average molecular weight is 479 g/mol. The lowest BCUT2D eigenvalue weighted by Gasteiger charge is -2.12. The monoisotopic (exact) mass is 478 g/mol. The van der Waals surface area contributed by atoms with Crippen molar-refractivity contribution in [2.24, 2.45) is 5.73 Å². The van der Waals surface area contributed by atoms with Gasteiger partial charge in [-0.05, 0) is 38.5 Å². The van der Waals surface area contributed by atoms with Crippen molar-refractivity contribution >= 4 is 33.8 Å². The first-order valence-electron chi connectivity index (χ1n) is 10.4.